The van der Waals surface area contributed by atoms with Crippen LogP contribution in [0.5, 0.6) is 17.2 Å². The van der Waals surface area contributed by atoms with E-state index >= 15 is 0 Å². The van der Waals surface area contributed by atoms with E-state index in [0.717, 1.165) is 42.6 Å². The van der Waals surface area contributed by atoms with E-state index in [9.17, 15) is 9.59 Å². The highest BCUT2D eigenvalue weighted by atomic mass is 16.5. The third kappa shape index (κ3) is 4.98. The van der Waals surface area contributed by atoms with Gasteiger partial charge in [-0.15, -0.1) is 0 Å². The summed E-state index contributed by atoms with van der Waals surface area (Å²) >= 11 is 0. The topological polar surface area (TPSA) is 68.3 Å². The minimum atomic E-state index is -0.630. The number of benzene rings is 2. The number of nitrogens with zero attached hydrogens (tertiary/aromatic N) is 2. The van der Waals surface area contributed by atoms with Crippen LogP contribution in [0, 0.1) is 0 Å². The Morgan fingerprint density at radius 2 is 1.56 bits per heavy atom. The predicted molar refractivity (Wildman–Crippen MR) is 129 cm³/mol. The lowest BCUT2D eigenvalue weighted by molar-refractivity contribution is -0.159. The number of hydrogen-bond donors (Lipinski definition) is 0. The molecule has 7 nitrogen and oxygen atoms in total. The fourth-order valence-electron chi connectivity index (χ4n) is 5.10. The van der Waals surface area contributed by atoms with E-state index in [4.69, 9.17) is 14.2 Å². The second-order valence-electron chi connectivity index (χ2n) is 8.96. The first kappa shape index (κ1) is 23.9. The fourth-order valence-corrected chi connectivity index (χ4v) is 5.10. The van der Waals surface area contributed by atoms with E-state index in [2.05, 4.69) is 0 Å². The molecule has 0 radical (unpaired) electrons. The lowest BCUT2D eigenvalue weighted by atomic mass is 9.91. The molecule has 1 atom stereocenters. The molecule has 4 rings (SSSR count). The molecule has 2 fully saturated rings. The molecular weight excluding hydrogens is 432 g/mol. The molecule has 7 heteroatoms. The molecule has 1 saturated carbocycles. The highest BCUT2D eigenvalue weighted by Gasteiger charge is 2.42. The molecule has 1 aliphatic carbocycles. The maximum Gasteiger partial charge on any atom is 0.250 e. The molecule has 1 aliphatic heterocycles. The van der Waals surface area contributed by atoms with Crippen molar-refractivity contribution < 1.29 is 23.8 Å². The minimum Gasteiger partial charge on any atom is -0.497 e. The fraction of sp³-hybridized carbons (Fsp3) is 0.481. The van der Waals surface area contributed by atoms with Gasteiger partial charge in [0.05, 0.1) is 21.3 Å². The van der Waals surface area contributed by atoms with Crippen molar-refractivity contribution in [3.05, 3.63) is 53.6 Å². The quantitative estimate of drug-likeness (QED) is 0.588. The molecule has 0 spiro atoms. The highest BCUT2D eigenvalue weighted by Crippen LogP contribution is 2.34. The molecule has 182 valence electrons. The van der Waals surface area contributed by atoms with Crippen molar-refractivity contribution in [3.8, 4) is 17.2 Å². The number of piperazine rings is 1. The first-order valence-electron chi connectivity index (χ1n) is 12.0. The summed E-state index contributed by atoms with van der Waals surface area (Å²) < 4.78 is 16.0. The van der Waals surface area contributed by atoms with Gasteiger partial charge in [-0.3, -0.25) is 9.59 Å². The maximum absolute atomic E-state index is 13.8. The van der Waals surface area contributed by atoms with Gasteiger partial charge in [0.1, 0.15) is 18.3 Å². The van der Waals surface area contributed by atoms with Crippen LogP contribution in [0.3, 0.4) is 0 Å². The van der Waals surface area contributed by atoms with Crippen LogP contribution in [0.1, 0.15) is 49.3 Å². The molecule has 2 aliphatic rings. The Hall–Kier alpha value is -3.22. The van der Waals surface area contributed by atoms with E-state index in [1.165, 1.54) is 6.42 Å². The summed E-state index contributed by atoms with van der Waals surface area (Å²) in [5.41, 5.74) is 1.83. The minimum absolute atomic E-state index is 0.00790. The average molecular weight is 467 g/mol. The summed E-state index contributed by atoms with van der Waals surface area (Å²) in [7, 11) is 4.83. The number of methoxy groups -OCH3 is 3. The molecular formula is C27H34N2O5. The molecule has 0 bridgehead atoms. The monoisotopic (exact) mass is 466 g/mol. The van der Waals surface area contributed by atoms with Crippen LogP contribution >= 0.6 is 0 Å². The van der Waals surface area contributed by atoms with Gasteiger partial charge < -0.3 is 24.0 Å². The van der Waals surface area contributed by atoms with Crippen LogP contribution < -0.4 is 14.2 Å². The second-order valence-corrected chi connectivity index (χ2v) is 8.96. The van der Waals surface area contributed by atoms with Gasteiger partial charge in [0.15, 0.2) is 11.5 Å². The number of rotatable bonds is 8. The average Bonchev–Trinajstić information content (AvgIpc) is 2.89. The summed E-state index contributed by atoms with van der Waals surface area (Å²) in [5.74, 6) is 2.04. The van der Waals surface area contributed by atoms with E-state index in [1.54, 1.807) is 26.2 Å². The lowest BCUT2D eigenvalue weighted by Crippen LogP contribution is -2.58. The van der Waals surface area contributed by atoms with Crippen LogP contribution in [-0.4, -0.2) is 62.1 Å². The number of carbonyl (C=O) groups excluding carboxylic acids is 2. The molecule has 2 aromatic rings. The molecule has 2 aromatic carbocycles. The van der Waals surface area contributed by atoms with Crippen LogP contribution in [-0.2, 0) is 16.0 Å². The molecule has 0 aromatic heterocycles. The van der Waals surface area contributed by atoms with Gasteiger partial charge in [0.25, 0.3) is 5.91 Å². The number of carbonyl (C=O) groups is 2. The van der Waals surface area contributed by atoms with Crippen LogP contribution in [0.15, 0.2) is 42.5 Å². The smallest absolute Gasteiger partial charge is 0.250 e. The Morgan fingerprint density at radius 1 is 0.853 bits per heavy atom. The number of hydrogen-bond acceptors (Lipinski definition) is 5. The van der Waals surface area contributed by atoms with Crippen molar-refractivity contribution in [2.75, 3.05) is 34.4 Å². The van der Waals surface area contributed by atoms with Crippen LogP contribution in [0.2, 0.25) is 0 Å². The molecule has 0 unspecified atom stereocenters. The largest absolute Gasteiger partial charge is 0.497 e. The van der Waals surface area contributed by atoms with Crippen molar-refractivity contribution in [3.63, 3.8) is 0 Å². The molecule has 34 heavy (non-hydrogen) atoms. The number of amides is 2. The summed E-state index contributed by atoms with van der Waals surface area (Å²) in [6, 6.07) is 12.8. The Morgan fingerprint density at radius 3 is 2.21 bits per heavy atom. The predicted octanol–water partition coefficient (Wildman–Crippen LogP) is 4.00. The summed E-state index contributed by atoms with van der Waals surface area (Å²) in [6.45, 7) is 0.595. The van der Waals surface area contributed by atoms with Crippen molar-refractivity contribution in [2.24, 2.45) is 0 Å². The van der Waals surface area contributed by atoms with E-state index in [0.29, 0.717) is 24.5 Å². The van der Waals surface area contributed by atoms with Gasteiger partial charge in [-0.05, 0) is 54.7 Å². The normalized spacial score (nSPS) is 19.3. The van der Waals surface area contributed by atoms with Crippen molar-refractivity contribution in [2.45, 2.75) is 50.6 Å². The summed E-state index contributed by atoms with van der Waals surface area (Å²) in [5, 5.41) is 0. The van der Waals surface area contributed by atoms with Crippen LogP contribution in [0.4, 0.5) is 0 Å². The Labute approximate surface area is 201 Å². The molecule has 1 saturated heterocycles. The Balaban J connectivity index is 1.59. The van der Waals surface area contributed by atoms with E-state index in [1.807, 2.05) is 47.4 Å². The van der Waals surface area contributed by atoms with Gasteiger partial charge in [-0.25, -0.2) is 0 Å². The van der Waals surface area contributed by atoms with Gasteiger partial charge in [-0.2, -0.15) is 0 Å². The zero-order chi connectivity index (χ0) is 24.1. The SMILES string of the molecule is COc1ccc([C@H]2C(=O)N(C3CCCCC3)CC(=O)N2CCc2ccc(OC)c(OC)c2)cc1. The zero-order valence-corrected chi connectivity index (χ0v) is 20.3. The van der Waals surface area contributed by atoms with Crippen molar-refractivity contribution >= 4 is 11.8 Å². The van der Waals surface area contributed by atoms with E-state index in [-0.39, 0.29) is 24.4 Å². The standard InChI is InChI=1S/C27H34N2O5/c1-32-22-12-10-20(11-13-22)26-27(31)29(21-7-5-4-6-8-21)18-25(30)28(26)16-15-19-9-14-23(33-2)24(17-19)34-3/h9-14,17,21,26H,4-8,15-16,18H2,1-3H3/t26-/m0/s1. The lowest BCUT2D eigenvalue weighted by Gasteiger charge is -2.44. The van der Waals surface area contributed by atoms with Crippen molar-refractivity contribution in [1.82, 2.24) is 9.80 Å². The second kappa shape index (κ2) is 10.8. The van der Waals surface area contributed by atoms with Crippen LogP contribution in [0.25, 0.3) is 0 Å². The van der Waals surface area contributed by atoms with Gasteiger partial charge >= 0.3 is 0 Å². The molecule has 1 heterocycles. The Bertz CT molecular complexity index is 1000. The Kier molecular flexibility index (Phi) is 7.60. The van der Waals surface area contributed by atoms with Gasteiger partial charge in [0.2, 0.25) is 5.91 Å². The molecule has 2 amide bonds. The first-order chi connectivity index (χ1) is 16.5. The highest BCUT2D eigenvalue weighted by molar-refractivity contribution is 5.95. The van der Waals surface area contributed by atoms with Gasteiger partial charge in [0, 0.05) is 12.6 Å². The third-order valence-electron chi connectivity index (χ3n) is 6.99. The maximum atomic E-state index is 13.8. The van der Waals surface area contributed by atoms with Gasteiger partial charge in [-0.1, -0.05) is 37.5 Å². The third-order valence-corrected chi connectivity index (χ3v) is 6.99. The molecule has 0 N–H and O–H groups in total. The summed E-state index contributed by atoms with van der Waals surface area (Å²) in [4.78, 5) is 30.8. The first-order valence-corrected chi connectivity index (χ1v) is 12.0. The summed E-state index contributed by atoms with van der Waals surface area (Å²) in [6.07, 6.45) is 5.97. The zero-order valence-electron chi connectivity index (χ0n) is 20.3. The number of ether oxygens (including phenoxy) is 3. The van der Waals surface area contributed by atoms with E-state index < -0.39 is 6.04 Å². The van der Waals surface area contributed by atoms with Crippen molar-refractivity contribution in [1.29, 1.82) is 0 Å².